The van der Waals surface area contributed by atoms with Crippen LogP contribution in [0.1, 0.15) is 16.3 Å². The van der Waals surface area contributed by atoms with E-state index in [0.717, 1.165) is 16.3 Å². The molecular weight excluding hydrogens is 251 g/mol. The molecule has 0 amide bonds. The third-order valence-corrected chi connectivity index (χ3v) is 3.41. The highest BCUT2D eigenvalue weighted by atomic mass is 32.1. The second kappa shape index (κ2) is 5.93. The lowest BCUT2D eigenvalue weighted by molar-refractivity contribution is 0.286. The topological polar surface area (TPSA) is 48.1 Å². The van der Waals surface area contributed by atoms with Gasteiger partial charge in [-0.1, -0.05) is 12.1 Å². The molecule has 0 spiro atoms. The van der Waals surface area contributed by atoms with Gasteiger partial charge in [0.15, 0.2) is 11.6 Å². The van der Waals surface area contributed by atoms with Crippen molar-refractivity contribution in [1.29, 1.82) is 0 Å². The minimum absolute atomic E-state index is 0.288. The number of rotatable bonds is 5. The van der Waals surface area contributed by atoms with Crippen molar-refractivity contribution >= 4 is 11.3 Å². The molecule has 0 radical (unpaired) electrons. The fraction of sp³-hybridized carbons (Fsp3) is 0.308. The van der Waals surface area contributed by atoms with Crippen LogP contribution in [0.5, 0.6) is 5.75 Å². The molecule has 0 bridgehead atoms. The van der Waals surface area contributed by atoms with Crippen LogP contribution in [0.2, 0.25) is 0 Å². The van der Waals surface area contributed by atoms with Crippen LogP contribution in [0.3, 0.4) is 0 Å². The van der Waals surface area contributed by atoms with Crippen LogP contribution in [0.4, 0.5) is 4.39 Å². The summed E-state index contributed by atoms with van der Waals surface area (Å²) in [5.74, 6) is -0.0648. The van der Waals surface area contributed by atoms with E-state index in [-0.39, 0.29) is 18.2 Å². The van der Waals surface area contributed by atoms with E-state index in [0.29, 0.717) is 13.0 Å². The summed E-state index contributed by atoms with van der Waals surface area (Å²) in [4.78, 5) is 4.28. The Bertz CT molecular complexity index is 527. The number of para-hydroxylation sites is 1. The number of nitrogens with two attached hydrogens (primary N) is 1. The molecule has 1 heterocycles. The fourth-order valence-electron chi connectivity index (χ4n) is 1.67. The quantitative estimate of drug-likeness (QED) is 0.905. The van der Waals surface area contributed by atoms with Crippen LogP contribution in [0, 0.1) is 12.7 Å². The summed E-state index contributed by atoms with van der Waals surface area (Å²) >= 11 is 1.51. The number of nitrogens with zero attached hydrogens (tertiary/aromatic N) is 1. The molecule has 0 saturated heterocycles. The molecule has 1 aromatic heterocycles. The molecule has 0 saturated carbocycles. The number of hydrogen-bond acceptors (Lipinski definition) is 4. The normalized spacial score (nSPS) is 10.6. The average Bonchev–Trinajstić information content (AvgIpc) is 2.75. The van der Waals surface area contributed by atoms with E-state index in [2.05, 4.69) is 4.98 Å². The van der Waals surface area contributed by atoms with Gasteiger partial charge in [0.1, 0.15) is 11.6 Å². The summed E-state index contributed by atoms with van der Waals surface area (Å²) in [6.07, 6.45) is 0.601. The van der Waals surface area contributed by atoms with E-state index >= 15 is 0 Å². The second-order valence-electron chi connectivity index (χ2n) is 3.94. The van der Waals surface area contributed by atoms with Gasteiger partial charge in [-0.05, 0) is 31.5 Å². The number of aromatic nitrogens is 1. The third kappa shape index (κ3) is 3.05. The Morgan fingerprint density at radius 2 is 2.28 bits per heavy atom. The maximum Gasteiger partial charge on any atom is 0.165 e. The predicted molar refractivity (Wildman–Crippen MR) is 70.3 cm³/mol. The van der Waals surface area contributed by atoms with E-state index < -0.39 is 0 Å². The van der Waals surface area contributed by atoms with Gasteiger partial charge in [-0.15, -0.1) is 11.3 Å². The van der Waals surface area contributed by atoms with Crippen molar-refractivity contribution in [3.05, 3.63) is 45.7 Å². The van der Waals surface area contributed by atoms with Crippen LogP contribution in [-0.4, -0.2) is 11.5 Å². The van der Waals surface area contributed by atoms with Gasteiger partial charge < -0.3 is 10.5 Å². The minimum Gasteiger partial charge on any atom is -0.483 e. The van der Waals surface area contributed by atoms with Crippen molar-refractivity contribution in [3.63, 3.8) is 0 Å². The van der Waals surface area contributed by atoms with Gasteiger partial charge in [0.2, 0.25) is 0 Å². The number of halogens is 1. The molecule has 0 aliphatic rings. The molecule has 0 aliphatic heterocycles. The highest BCUT2D eigenvalue weighted by Crippen LogP contribution is 2.24. The van der Waals surface area contributed by atoms with Crippen molar-refractivity contribution < 1.29 is 9.13 Å². The smallest absolute Gasteiger partial charge is 0.165 e. The van der Waals surface area contributed by atoms with E-state index in [1.54, 1.807) is 6.07 Å². The molecule has 18 heavy (non-hydrogen) atoms. The summed E-state index contributed by atoms with van der Waals surface area (Å²) in [6, 6.07) is 4.89. The lowest BCUT2D eigenvalue weighted by atomic mass is 10.1. The average molecular weight is 266 g/mol. The van der Waals surface area contributed by atoms with E-state index in [9.17, 15) is 4.39 Å². The number of aryl methyl sites for hydroxylation is 1. The van der Waals surface area contributed by atoms with Gasteiger partial charge in [-0.3, -0.25) is 0 Å². The zero-order valence-corrected chi connectivity index (χ0v) is 11.0. The molecule has 96 valence electrons. The second-order valence-corrected chi connectivity index (χ2v) is 4.88. The summed E-state index contributed by atoms with van der Waals surface area (Å²) < 4.78 is 19.2. The van der Waals surface area contributed by atoms with Crippen molar-refractivity contribution in [1.82, 2.24) is 4.98 Å². The first-order valence-electron chi connectivity index (χ1n) is 5.72. The highest BCUT2D eigenvalue weighted by molar-refractivity contribution is 7.09. The molecule has 0 aliphatic carbocycles. The molecule has 5 heteroatoms. The molecule has 2 rings (SSSR count). The summed E-state index contributed by atoms with van der Waals surface area (Å²) in [5, 5.41) is 2.79. The molecule has 2 N–H and O–H groups in total. The van der Waals surface area contributed by atoms with E-state index in [1.807, 2.05) is 18.4 Å². The first-order valence-corrected chi connectivity index (χ1v) is 6.60. The Kier molecular flexibility index (Phi) is 4.28. The van der Waals surface area contributed by atoms with Crippen LogP contribution < -0.4 is 10.5 Å². The Balaban J connectivity index is 2.12. The van der Waals surface area contributed by atoms with Gasteiger partial charge in [-0.2, -0.15) is 0 Å². The Labute approximate surface area is 109 Å². The number of benzene rings is 1. The SMILES string of the molecule is Cc1csc(COc2c(F)cccc2CCN)n1. The first-order chi connectivity index (χ1) is 8.70. The molecule has 3 nitrogen and oxygen atoms in total. The summed E-state index contributed by atoms with van der Waals surface area (Å²) in [7, 11) is 0. The Morgan fingerprint density at radius 3 is 2.94 bits per heavy atom. The van der Waals surface area contributed by atoms with Crippen LogP contribution in [0.15, 0.2) is 23.6 Å². The van der Waals surface area contributed by atoms with Crippen LogP contribution in [-0.2, 0) is 13.0 Å². The minimum atomic E-state index is -0.353. The van der Waals surface area contributed by atoms with Gasteiger partial charge in [0.05, 0.1) is 0 Å². The van der Waals surface area contributed by atoms with Gasteiger partial charge >= 0.3 is 0 Å². The monoisotopic (exact) mass is 266 g/mol. The zero-order chi connectivity index (χ0) is 13.0. The van der Waals surface area contributed by atoms with Crippen molar-refractivity contribution in [3.8, 4) is 5.75 Å². The third-order valence-electron chi connectivity index (χ3n) is 2.47. The first kappa shape index (κ1) is 13.0. The maximum absolute atomic E-state index is 13.7. The van der Waals surface area contributed by atoms with Gasteiger partial charge in [0, 0.05) is 11.1 Å². The van der Waals surface area contributed by atoms with Crippen molar-refractivity contribution in [2.24, 2.45) is 5.73 Å². The van der Waals surface area contributed by atoms with Gasteiger partial charge in [0.25, 0.3) is 0 Å². The van der Waals surface area contributed by atoms with Crippen molar-refractivity contribution in [2.45, 2.75) is 20.0 Å². The predicted octanol–water partition coefficient (Wildman–Crippen LogP) is 2.67. The zero-order valence-electron chi connectivity index (χ0n) is 10.1. The van der Waals surface area contributed by atoms with E-state index in [1.165, 1.54) is 17.4 Å². The molecule has 1 aromatic carbocycles. The Hall–Kier alpha value is -1.46. The molecule has 0 unspecified atom stereocenters. The van der Waals surface area contributed by atoms with Gasteiger partial charge in [-0.25, -0.2) is 9.37 Å². The molecular formula is C13H15FN2OS. The highest BCUT2D eigenvalue weighted by Gasteiger charge is 2.10. The van der Waals surface area contributed by atoms with E-state index in [4.69, 9.17) is 10.5 Å². The summed E-state index contributed by atoms with van der Waals surface area (Å²) in [6.45, 7) is 2.68. The van der Waals surface area contributed by atoms with Crippen molar-refractivity contribution in [2.75, 3.05) is 6.54 Å². The van der Waals surface area contributed by atoms with Crippen LogP contribution >= 0.6 is 11.3 Å². The number of thiazole rings is 1. The lowest BCUT2D eigenvalue weighted by Gasteiger charge is -2.10. The standard InChI is InChI=1S/C13H15FN2OS/c1-9-8-18-12(16-9)7-17-13-10(5-6-15)3-2-4-11(13)14/h2-4,8H,5-7,15H2,1H3. The largest absolute Gasteiger partial charge is 0.483 e. The maximum atomic E-state index is 13.7. The Morgan fingerprint density at radius 1 is 1.44 bits per heavy atom. The van der Waals surface area contributed by atoms with Crippen LogP contribution in [0.25, 0.3) is 0 Å². The molecule has 2 aromatic rings. The number of ether oxygens (including phenoxy) is 1. The molecule has 0 fully saturated rings. The lowest BCUT2D eigenvalue weighted by Crippen LogP contribution is -2.06. The number of hydrogen-bond donors (Lipinski definition) is 1. The fourth-order valence-corrected chi connectivity index (χ4v) is 2.35. The summed E-state index contributed by atoms with van der Waals surface area (Å²) in [5.41, 5.74) is 7.25. The molecule has 0 atom stereocenters.